The molecule has 4 heterocycles. The van der Waals surface area contributed by atoms with Crippen LogP contribution in [0.25, 0.3) is 0 Å². The van der Waals surface area contributed by atoms with Crippen LogP contribution in [0.2, 0.25) is 0 Å². The number of nitrogens with one attached hydrogen (secondary N) is 11. The molecule has 4 aliphatic heterocycles. The third kappa shape index (κ3) is 33.6. The number of amides is 17. The number of rotatable bonds is 51. The fourth-order valence-corrected chi connectivity index (χ4v) is 14.7. The maximum atomic E-state index is 14.6. The molecule has 17 amide bonds. The molecule has 47 nitrogen and oxygen atoms in total. The Labute approximate surface area is 712 Å². The lowest BCUT2D eigenvalue weighted by Crippen LogP contribution is -2.61. The third-order valence-corrected chi connectivity index (χ3v) is 20.9. The minimum absolute atomic E-state index is 0.0237. The van der Waals surface area contributed by atoms with Crippen molar-refractivity contribution in [2.24, 2.45) is 67.9 Å². The summed E-state index contributed by atoms with van der Waals surface area (Å²) in [7, 11) is 0. The number of guanidine groups is 2. The molecule has 16 unspecified atom stereocenters. The van der Waals surface area contributed by atoms with Gasteiger partial charge in [-0.1, -0.05) is 41.5 Å². The number of nitrogens with two attached hydrogens (primary N) is 7. The molecule has 0 aromatic carbocycles. The molecule has 16 atom stereocenters. The van der Waals surface area contributed by atoms with E-state index in [2.05, 4.69) is 68.5 Å². The molecule has 0 aromatic rings. The molecule has 4 rings (SSSR count). The van der Waals surface area contributed by atoms with Crippen LogP contribution in [0.15, 0.2) is 9.98 Å². The lowest BCUT2D eigenvalue weighted by atomic mass is 9.99. The number of primary amides is 2. The number of aliphatic imine (C=N–C) groups is 2. The summed E-state index contributed by atoms with van der Waals surface area (Å²) in [6.45, 7) is 11.0. The van der Waals surface area contributed by atoms with E-state index in [0.29, 0.717) is 12.8 Å². The van der Waals surface area contributed by atoms with Gasteiger partial charge in [0.15, 0.2) is 11.9 Å². The molecule has 123 heavy (non-hydrogen) atoms. The van der Waals surface area contributed by atoms with Crippen LogP contribution in [-0.2, 0) is 91.1 Å². The van der Waals surface area contributed by atoms with Gasteiger partial charge in [0.25, 0.3) is 0 Å². The highest BCUT2D eigenvalue weighted by Gasteiger charge is 2.47. The molecule has 47 heteroatoms. The summed E-state index contributed by atoms with van der Waals surface area (Å²) < 4.78 is 0. The Morgan fingerprint density at radius 1 is 0.358 bits per heavy atom. The Morgan fingerprint density at radius 2 is 0.724 bits per heavy atom. The van der Waals surface area contributed by atoms with E-state index in [4.69, 9.17) is 40.1 Å². The highest BCUT2D eigenvalue weighted by molar-refractivity contribution is 6.02. The average Bonchev–Trinajstić information content (AvgIpc) is 1.66. The van der Waals surface area contributed by atoms with Crippen molar-refractivity contribution in [1.29, 1.82) is 0 Å². The van der Waals surface area contributed by atoms with Crippen molar-refractivity contribution >= 4 is 124 Å². The number of aliphatic hydroxyl groups excluding tert-OH is 2. The Bertz CT molecular complexity index is 3820. The molecule has 0 saturated carbocycles. The Hall–Kier alpha value is -11.6. The number of nitrogens with zero attached hydrogens (tertiary/aromatic N) is 6. The van der Waals surface area contributed by atoms with Crippen molar-refractivity contribution in [3.05, 3.63) is 0 Å². The fourth-order valence-electron chi connectivity index (χ4n) is 14.7. The van der Waals surface area contributed by atoms with Crippen LogP contribution >= 0.6 is 0 Å². The van der Waals surface area contributed by atoms with E-state index in [1.54, 1.807) is 27.7 Å². The van der Waals surface area contributed by atoms with E-state index < -0.39 is 254 Å². The number of carboxylic acids is 2. The van der Waals surface area contributed by atoms with Crippen molar-refractivity contribution in [2.45, 2.75) is 280 Å². The molecule has 29 N–H and O–H groups in total. The second-order valence-corrected chi connectivity index (χ2v) is 32.5. The molecule has 0 aromatic heterocycles. The molecular formula is C76H128N24O23. The monoisotopic (exact) mass is 1740 g/mol. The molecule has 4 aliphatic rings. The minimum Gasteiger partial charge on any atom is -0.481 e. The van der Waals surface area contributed by atoms with Gasteiger partial charge in [0.05, 0.1) is 25.7 Å². The van der Waals surface area contributed by atoms with Crippen LogP contribution in [0.1, 0.15) is 184 Å². The summed E-state index contributed by atoms with van der Waals surface area (Å²) in [4.78, 5) is 272. The van der Waals surface area contributed by atoms with Crippen molar-refractivity contribution < 1.29 is 112 Å². The summed E-state index contributed by atoms with van der Waals surface area (Å²) >= 11 is 0. The number of carbonyl (C=O) groups excluding carboxylic acids is 17. The van der Waals surface area contributed by atoms with E-state index in [0.717, 1.165) is 9.80 Å². The fraction of sp³-hybridized carbons (Fsp3) is 0.724. The zero-order valence-electron chi connectivity index (χ0n) is 71.0. The van der Waals surface area contributed by atoms with Gasteiger partial charge in [-0.2, -0.15) is 0 Å². The van der Waals surface area contributed by atoms with Crippen molar-refractivity contribution in [2.75, 3.05) is 52.5 Å². The van der Waals surface area contributed by atoms with E-state index in [9.17, 15) is 112 Å². The lowest BCUT2D eigenvalue weighted by molar-refractivity contribution is -0.152. The van der Waals surface area contributed by atoms with Gasteiger partial charge in [0.2, 0.25) is 100 Å². The number of carboxylic acid groups (broad SMARTS) is 2. The number of aliphatic carboxylic acids is 2. The van der Waals surface area contributed by atoms with Crippen LogP contribution in [0.5, 0.6) is 0 Å². The van der Waals surface area contributed by atoms with Gasteiger partial charge < -0.3 is 139 Å². The van der Waals surface area contributed by atoms with Crippen molar-refractivity contribution in [3.8, 4) is 0 Å². The molecule has 4 fully saturated rings. The van der Waals surface area contributed by atoms with E-state index in [-0.39, 0.29) is 152 Å². The largest absolute Gasteiger partial charge is 0.481 e. The van der Waals surface area contributed by atoms with Gasteiger partial charge >= 0.3 is 11.9 Å². The average molecular weight is 1750 g/mol. The standard InChI is InChI=1S/C76H128N24O23/c1-37(2)31-42(77)60(108)89-46(22-24-58(105)106)64(112)93-48(34-57(79)104)66(114)95-50(35-101)67(115)96-51(36-102)72(120)98-28-12-18-53(98)69(117)91-45(21-23-56(78)103)61(109)87-41(8)70(118)97-27-11-17-52(97)68(116)86-40(7)59(107)88-43(15-9-25-84-75(80)81)62(110)90-44(16-10-26-85-76(82)83)63(111)92-47(32-38(3)4)65(113)94-49(33-39(5)6)71(119)99-29-13-19-54(99)73(121)100-30-14-20-55(100)74(122)123/h37-55,101-102H,9-36,77H2,1-8H3,(H2,78,103)(H2,79,104)(H,86,116)(H,87,109)(H,88,107)(H,89,108)(H,90,110)(H,91,117)(H,92,111)(H,93,112)(H,94,113)(H,95,114)(H,96,115)(H,105,106)(H,122,123)(H4,80,81,84)(H4,82,83,85). The van der Waals surface area contributed by atoms with Gasteiger partial charge in [-0.15, -0.1) is 0 Å². The van der Waals surface area contributed by atoms with Crippen LogP contribution < -0.4 is 98.6 Å². The van der Waals surface area contributed by atoms with Crippen LogP contribution in [-0.4, -0.2) is 313 Å². The highest BCUT2D eigenvalue weighted by Crippen LogP contribution is 2.28. The topological polar surface area (TPSA) is 757 Å². The van der Waals surface area contributed by atoms with Gasteiger partial charge in [-0.05, 0) is 141 Å². The summed E-state index contributed by atoms with van der Waals surface area (Å²) in [6, 6.07) is -23.2. The predicted molar refractivity (Wildman–Crippen MR) is 439 cm³/mol. The van der Waals surface area contributed by atoms with Crippen LogP contribution in [0.3, 0.4) is 0 Å². The van der Waals surface area contributed by atoms with Crippen LogP contribution in [0, 0.1) is 17.8 Å². The van der Waals surface area contributed by atoms with Gasteiger partial charge in [-0.3, -0.25) is 96.3 Å². The van der Waals surface area contributed by atoms with Gasteiger partial charge in [0.1, 0.15) is 90.6 Å². The number of likely N-dealkylation sites (tertiary alicyclic amines) is 4. The molecule has 0 aliphatic carbocycles. The molecular weight excluding hydrogens is 1620 g/mol. The summed E-state index contributed by atoms with van der Waals surface area (Å²) in [5.74, 6) is -19.6. The first kappa shape index (κ1) is 104. The quantitative estimate of drug-likeness (QED) is 0.0153. The number of carbonyl (C=O) groups is 19. The van der Waals surface area contributed by atoms with Crippen LogP contribution in [0.4, 0.5) is 0 Å². The SMILES string of the molecule is CC(C)CC(N)C(=O)NC(CCC(=O)O)C(=O)NC(CC(N)=O)C(=O)NC(CO)C(=O)NC(CO)C(=O)N1CCCC1C(=O)NC(CCC(N)=O)C(=O)NC(C)C(=O)N1CCCC1C(=O)NC(C)C(=O)NC(CCCN=C(N)N)C(=O)NC(CCCN=C(N)N)C(=O)NC(CC(C)C)C(=O)NC(CC(C)C)C(=O)N1CCCC1C(=O)N1CCCC1C(=O)O. The molecule has 0 radical (unpaired) electrons. The second kappa shape index (κ2) is 50.7. The zero-order valence-corrected chi connectivity index (χ0v) is 71.0. The smallest absolute Gasteiger partial charge is 0.326 e. The lowest BCUT2D eigenvalue weighted by Gasteiger charge is -2.33. The van der Waals surface area contributed by atoms with Crippen molar-refractivity contribution in [1.82, 2.24) is 78.1 Å². The normalized spacial score (nSPS) is 19.1. The zero-order chi connectivity index (χ0) is 92.4. The number of hydrogen-bond acceptors (Lipinski definition) is 24. The van der Waals surface area contributed by atoms with Gasteiger partial charge in [-0.25, -0.2) is 4.79 Å². The van der Waals surface area contributed by atoms with E-state index in [1.807, 2.05) is 13.8 Å². The van der Waals surface area contributed by atoms with Gasteiger partial charge in [0, 0.05) is 52.1 Å². The first-order chi connectivity index (χ1) is 57.8. The van der Waals surface area contributed by atoms with Crippen molar-refractivity contribution in [3.63, 3.8) is 0 Å². The van der Waals surface area contributed by atoms with E-state index >= 15 is 0 Å². The molecule has 0 spiro atoms. The second-order valence-electron chi connectivity index (χ2n) is 32.5. The molecule has 690 valence electrons. The third-order valence-electron chi connectivity index (χ3n) is 20.9. The summed E-state index contributed by atoms with van der Waals surface area (Å²) in [5.41, 5.74) is 39.1. The molecule has 4 saturated heterocycles. The minimum atomic E-state index is -1.98. The first-order valence-corrected chi connectivity index (χ1v) is 41.5. The Kier molecular flexibility index (Phi) is 42.7. The summed E-state index contributed by atoms with van der Waals surface area (Å²) in [5, 5.41) is 67.0. The predicted octanol–water partition coefficient (Wildman–Crippen LogP) is -9.03. The maximum Gasteiger partial charge on any atom is 0.326 e. The van der Waals surface area contributed by atoms with E-state index in [1.165, 1.54) is 23.6 Å². The first-order valence-electron chi connectivity index (χ1n) is 41.5. The Balaban J connectivity index is 1.47. The maximum absolute atomic E-state index is 14.6. The Morgan fingerprint density at radius 3 is 1.21 bits per heavy atom. The highest BCUT2D eigenvalue weighted by atomic mass is 16.4. The number of hydrogen-bond donors (Lipinski definition) is 22. The molecule has 0 bridgehead atoms. The number of aliphatic hydroxyl groups is 2. The summed E-state index contributed by atoms with van der Waals surface area (Å²) in [6.07, 6.45) is -1.10.